The molecule has 1 unspecified atom stereocenters. The Hall–Kier alpha value is -2.32. The SMILES string of the molecule is N#C/C(=C/Nc1ccccc1)C(=O)NCC1CCCO1. The molecular weight excluding hydrogens is 254 g/mol. The maximum Gasteiger partial charge on any atom is 0.263 e. The van der Waals surface area contributed by atoms with Crippen LogP contribution in [0.15, 0.2) is 42.1 Å². The van der Waals surface area contributed by atoms with Crippen molar-refractivity contribution in [2.45, 2.75) is 18.9 Å². The van der Waals surface area contributed by atoms with Gasteiger partial charge in [-0.1, -0.05) is 18.2 Å². The van der Waals surface area contributed by atoms with Crippen molar-refractivity contribution < 1.29 is 9.53 Å². The second-order valence-electron chi connectivity index (χ2n) is 4.53. The van der Waals surface area contributed by atoms with Gasteiger partial charge in [-0.05, 0) is 25.0 Å². The van der Waals surface area contributed by atoms with E-state index in [-0.39, 0.29) is 17.6 Å². The Morgan fingerprint density at radius 2 is 2.25 bits per heavy atom. The van der Waals surface area contributed by atoms with Gasteiger partial charge in [0, 0.05) is 25.0 Å². The summed E-state index contributed by atoms with van der Waals surface area (Å²) in [5.74, 6) is -0.383. The highest BCUT2D eigenvalue weighted by Crippen LogP contribution is 2.11. The summed E-state index contributed by atoms with van der Waals surface area (Å²) in [6.07, 6.45) is 3.46. The number of amides is 1. The number of nitriles is 1. The van der Waals surface area contributed by atoms with E-state index in [9.17, 15) is 4.79 Å². The number of benzene rings is 1. The van der Waals surface area contributed by atoms with Gasteiger partial charge in [0.2, 0.25) is 0 Å². The van der Waals surface area contributed by atoms with Gasteiger partial charge in [-0.15, -0.1) is 0 Å². The highest BCUT2D eigenvalue weighted by atomic mass is 16.5. The van der Waals surface area contributed by atoms with E-state index in [1.54, 1.807) is 0 Å². The number of hydrogen-bond donors (Lipinski definition) is 2. The summed E-state index contributed by atoms with van der Waals surface area (Å²) in [6, 6.07) is 11.3. The van der Waals surface area contributed by atoms with Gasteiger partial charge >= 0.3 is 0 Å². The van der Waals surface area contributed by atoms with Gasteiger partial charge in [0.15, 0.2) is 0 Å². The van der Waals surface area contributed by atoms with Crippen LogP contribution in [0.25, 0.3) is 0 Å². The normalized spacial score (nSPS) is 18.4. The van der Waals surface area contributed by atoms with Crippen molar-refractivity contribution in [1.29, 1.82) is 5.26 Å². The standard InChI is InChI=1S/C15H17N3O2/c16-9-12(10-17-13-5-2-1-3-6-13)15(19)18-11-14-7-4-8-20-14/h1-3,5-6,10,14,17H,4,7-8,11H2,(H,18,19)/b12-10-. The van der Waals surface area contributed by atoms with Crippen LogP contribution >= 0.6 is 0 Å². The molecule has 1 aliphatic rings. The number of anilines is 1. The molecule has 1 aromatic rings. The van der Waals surface area contributed by atoms with Crippen molar-refractivity contribution in [3.8, 4) is 6.07 Å². The monoisotopic (exact) mass is 271 g/mol. The van der Waals surface area contributed by atoms with Crippen molar-refractivity contribution in [2.75, 3.05) is 18.5 Å². The van der Waals surface area contributed by atoms with Crippen LogP contribution in [-0.2, 0) is 9.53 Å². The molecule has 0 bridgehead atoms. The number of nitrogens with one attached hydrogen (secondary N) is 2. The van der Waals surface area contributed by atoms with E-state index in [1.807, 2.05) is 36.4 Å². The summed E-state index contributed by atoms with van der Waals surface area (Å²) in [4.78, 5) is 11.9. The summed E-state index contributed by atoms with van der Waals surface area (Å²) in [7, 11) is 0. The zero-order valence-corrected chi connectivity index (χ0v) is 11.1. The van der Waals surface area contributed by atoms with E-state index in [1.165, 1.54) is 6.20 Å². The zero-order valence-electron chi connectivity index (χ0n) is 11.1. The van der Waals surface area contributed by atoms with E-state index >= 15 is 0 Å². The quantitative estimate of drug-likeness (QED) is 0.632. The molecule has 5 heteroatoms. The van der Waals surface area contributed by atoms with Crippen molar-refractivity contribution in [3.63, 3.8) is 0 Å². The second kappa shape index (κ2) is 7.31. The van der Waals surface area contributed by atoms with Crippen LogP contribution in [0.4, 0.5) is 5.69 Å². The Bertz CT molecular complexity index is 514. The lowest BCUT2D eigenvalue weighted by molar-refractivity contribution is -0.117. The maximum atomic E-state index is 11.9. The lowest BCUT2D eigenvalue weighted by atomic mass is 10.2. The van der Waals surface area contributed by atoms with Crippen LogP contribution in [0.2, 0.25) is 0 Å². The lowest BCUT2D eigenvalue weighted by Gasteiger charge is -2.10. The fourth-order valence-electron chi connectivity index (χ4n) is 1.95. The summed E-state index contributed by atoms with van der Waals surface area (Å²) in [5.41, 5.74) is 0.874. The number of nitrogens with zero attached hydrogens (tertiary/aromatic N) is 1. The highest BCUT2D eigenvalue weighted by Gasteiger charge is 2.17. The summed E-state index contributed by atoms with van der Waals surface area (Å²) in [6.45, 7) is 1.19. The molecule has 1 fully saturated rings. The molecule has 1 aliphatic heterocycles. The molecule has 1 atom stereocenters. The second-order valence-corrected chi connectivity index (χ2v) is 4.53. The fourth-order valence-corrected chi connectivity index (χ4v) is 1.95. The molecule has 2 N–H and O–H groups in total. The van der Waals surface area contributed by atoms with Gasteiger partial charge in [0.25, 0.3) is 5.91 Å². The molecule has 0 spiro atoms. The first-order valence-electron chi connectivity index (χ1n) is 6.61. The van der Waals surface area contributed by atoms with E-state index < -0.39 is 0 Å². The minimum absolute atomic E-state index is 0.0480. The smallest absolute Gasteiger partial charge is 0.263 e. The van der Waals surface area contributed by atoms with Crippen molar-refractivity contribution in [3.05, 3.63) is 42.1 Å². The molecule has 1 saturated heterocycles. The average molecular weight is 271 g/mol. The number of rotatable bonds is 5. The van der Waals surface area contributed by atoms with E-state index in [0.717, 1.165) is 25.1 Å². The van der Waals surface area contributed by atoms with Crippen molar-refractivity contribution in [1.82, 2.24) is 5.32 Å². The minimum Gasteiger partial charge on any atom is -0.376 e. The fraction of sp³-hybridized carbons (Fsp3) is 0.333. The molecule has 1 amide bonds. The van der Waals surface area contributed by atoms with E-state index in [2.05, 4.69) is 10.6 Å². The maximum absolute atomic E-state index is 11.9. The number of ether oxygens (including phenoxy) is 1. The van der Waals surface area contributed by atoms with Gasteiger partial charge in [-0.2, -0.15) is 5.26 Å². The van der Waals surface area contributed by atoms with Gasteiger partial charge in [-0.3, -0.25) is 4.79 Å². The Morgan fingerprint density at radius 1 is 1.45 bits per heavy atom. The summed E-state index contributed by atoms with van der Waals surface area (Å²) >= 11 is 0. The van der Waals surface area contributed by atoms with E-state index in [0.29, 0.717) is 6.54 Å². The molecule has 0 saturated carbocycles. The molecule has 0 radical (unpaired) electrons. The summed E-state index contributed by atoms with van der Waals surface area (Å²) in [5, 5.41) is 14.7. The first kappa shape index (κ1) is 14.1. The largest absolute Gasteiger partial charge is 0.376 e. The third kappa shape index (κ3) is 4.11. The van der Waals surface area contributed by atoms with Crippen LogP contribution in [0, 0.1) is 11.3 Å². The Morgan fingerprint density at radius 3 is 2.90 bits per heavy atom. The van der Waals surface area contributed by atoms with Crippen molar-refractivity contribution in [2.24, 2.45) is 0 Å². The molecule has 1 aromatic carbocycles. The van der Waals surface area contributed by atoms with E-state index in [4.69, 9.17) is 10.00 Å². The highest BCUT2D eigenvalue weighted by molar-refractivity contribution is 5.97. The number of para-hydroxylation sites is 1. The lowest BCUT2D eigenvalue weighted by Crippen LogP contribution is -2.32. The molecule has 5 nitrogen and oxygen atoms in total. The predicted octanol–water partition coefficient (Wildman–Crippen LogP) is 1.80. The first-order chi connectivity index (χ1) is 9.79. The van der Waals surface area contributed by atoms with Gasteiger partial charge in [0.05, 0.1) is 6.10 Å². The number of carbonyl (C=O) groups is 1. The van der Waals surface area contributed by atoms with Crippen LogP contribution in [0.1, 0.15) is 12.8 Å². The van der Waals surface area contributed by atoms with Crippen LogP contribution in [0.3, 0.4) is 0 Å². The van der Waals surface area contributed by atoms with Gasteiger partial charge in [0.1, 0.15) is 11.6 Å². The number of carbonyl (C=O) groups excluding carboxylic acids is 1. The third-order valence-corrected chi connectivity index (χ3v) is 3.04. The Kier molecular flexibility index (Phi) is 5.15. The Labute approximate surface area is 118 Å². The van der Waals surface area contributed by atoms with Crippen molar-refractivity contribution >= 4 is 11.6 Å². The minimum atomic E-state index is -0.383. The van der Waals surface area contributed by atoms with Crippen LogP contribution in [-0.4, -0.2) is 25.2 Å². The molecule has 0 aliphatic carbocycles. The van der Waals surface area contributed by atoms with Gasteiger partial charge in [-0.25, -0.2) is 0 Å². The molecular formula is C15H17N3O2. The topological polar surface area (TPSA) is 74.2 Å². The third-order valence-electron chi connectivity index (χ3n) is 3.04. The van der Waals surface area contributed by atoms with Crippen LogP contribution in [0.5, 0.6) is 0 Å². The average Bonchev–Trinajstić information content (AvgIpc) is 3.00. The number of hydrogen-bond acceptors (Lipinski definition) is 4. The summed E-state index contributed by atoms with van der Waals surface area (Å²) < 4.78 is 5.41. The van der Waals surface area contributed by atoms with Crippen LogP contribution < -0.4 is 10.6 Å². The molecule has 20 heavy (non-hydrogen) atoms. The molecule has 2 rings (SSSR count). The molecule has 0 aromatic heterocycles. The first-order valence-corrected chi connectivity index (χ1v) is 6.61. The predicted molar refractivity (Wildman–Crippen MR) is 75.7 cm³/mol. The molecule has 1 heterocycles. The Balaban J connectivity index is 1.86. The molecule has 104 valence electrons. The van der Waals surface area contributed by atoms with Gasteiger partial charge < -0.3 is 15.4 Å². The zero-order chi connectivity index (χ0) is 14.2.